The second-order valence-electron chi connectivity index (χ2n) is 13.0. The molecule has 16 heteroatoms. The minimum atomic E-state index is -4.57. The van der Waals surface area contributed by atoms with E-state index >= 15 is 0 Å². The van der Waals surface area contributed by atoms with Gasteiger partial charge >= 0.3 is 12.3 Å². The van der Waals surface area contributed by atoms with E-state index < -0.39 is 64.9 Å². The fourth-order valence-corrected chi connectivity index (χ4v) is 5.27. The molecule has 2 amide bonds. The van der Waals surface area contributed by atoms with Crippen molar-refractivity contribution < 1.29 is 36.7 Å². The van der Waals surface area contributed by atoms with Crippen LogP contribution in [0.1, 0.15) is 66.8 Å². The molecular formula is C37H36F3N7O6. The van der Waals surface area contributed by atoms with Gasteiger partial charge in [-0.3, -0.25) is 29.3 Å². The maximum absolute atomic E-state index is 13.9. The van der Waals surface area contributed by atoms with Crippen LogP contribution in [0.15, 0.2) is 88.2 Å². The van der Waals surface area contributed by atoms with Crippen molar-refractivity contribution in [2.75, 3.05) is 5.32 Å². The summed E-state index contributed by atoms with van der Waals surface area (Å²) in [5, 5.41) is 12.9. The molecule has 0 bridgehead atoms. The molecule has 276 valence electrons. The van der Waals surface area contributed by atoms with Crippen LogP contribution < -0.4 is 16.2 Å². The number of carbonyl (C=O) groups is 3. The highest BCUT2D eigenvalue weighted by molar-refractivity contribution is 5.98. The Hall–Kier alpha value is -6.19. The molecule has 2 N–H and O–H groups in total. The van der Waals surface area contributed by atoms with Crippen molar-refractivity contribution in [3.05, 3.63) is 124 Å². The van der Waals surface area contributed by atoms with Crippen LogP contribution in [0.3, 0.4) is 0 Å². The fraction of sp³-hybridized carbons (Fsp3) is 0.297. The van der Waals surface area contributed by atoms with Crippen molar-refractivity contribution in [1.29, 1.82) is 0 Å². The maximum atomic E-state index is 13.9. The normalized spacial score (nSPS) is 12.3. The van der Waals surface area contributed by atoms with Crippen LogP contribution in [0.4, 0.5) is 23.7 Å². The zero-order chi connectivity index (χ0) is 38.5. The Labute approximate surface area is 301 Å². The molecule has 0 aliphatic carbocycles. The van der Waals surface area contributed by atoms with Gasteiger partial charge in [0.2, 0.25) is 17.6 Å². The Bertz CT molecular complexity index is 2150. The number of hydrogen-bond donors (Lipinski definition) is 2. The molecule has 0 saturated heterocycles. The molecule has 1 unspecified atom stereocenters. The van der Waals surface area contributed by atoms with Crippen LogP contribution in [0.5, 0.6) is 0 Å². The molecular weight excluding hydrogens is 695 g/mol. The number of hydrogen-bond acceptors (Lipinski definition) is 10. The van der Waals surface area contributed by atoms with Crippen molar-refractivity contribution in [2.24, 2.45) is 5.92 Å². The second-order valence-corrected chi connectivity index (χ2v) is 13.0. The number of amides is 2. The predicted octanol–water partition coefficient (Wildman–Crippen LogP) is 6.11. The number of nitrogens with zero attached hydrogens (tertiary/aromatic N) is 5. The molecule has 0 spiro atoms. The third kappa shape index (κ3) is 8.83. The van der Waals surface area contributed by atoms with Gasteiger partial charge in [0.05, 0.1) is 28.4 Å². The summed E-state index contributed by atoms with van der Waals surface area (Å²) in [5.74, 6) is -2.37. The molecule has 13 nitrogen and oxygen atoms in total. The molecule has 3 heterocycles. The molecule has 0 aliphatic heterocycles. The summed E-state index contributed by atoms with van der Waals surface area (Å²) in [6.07, 6.45) is -4.78. The quantitative estimate of drug-likeness (QED) is 0.143. The molecule has 0 saturated carbocycles. The second kappa shape index (κ2) is 15.6. The monoisotopic (exact) mass is 731 g/mol. The van der Waals surface area contributed by atoms with E-state index in [9.17, 15) is 32.3 Å². The van der Waals surface area contributed by atoms with E-state index in [2.05, 4.69) is 30.8 Å². The fourth-order valence-electron chi connectivity index (χ4n) is 5.27. The first kappa shape index (κ1) is 38.1. The molecule has 3 aromatic heterocycles. The lowest BCUT2D eigenvalue weighted by Crippen LogP contribution is -2.47. The first-order valence-electron chi connectivity index (χ1n) is 16.4. The van der Waals surface area contributed by atoms with E-state index in [1.165, 1.54) is 13.0 Å². The lowest BCUT2D eigenvalue weighted by Gasteiger charge is -2.21. The molecule has 2 aromatic carbocycles. The van der Waals surface area contributed by atoms with E-state index in [4.69, 9.17) is 9.15 Å². The van der Waals surface area contributed by atoms with Gasteiger partial charge in [0.1, 0.15) is 24.7 Å². The van der Waals surface area contributed by atoms with Gasteiger partial charge in [-0.1, -0.05) is 74.5 Å². The summed E-state index contributed by atoms with van der Waals surface area (Å²) >= 11 is 0. The van der Waals surface area contributed by atoms with Gasteiger partial charge in [-0.25, -0.2) is 9.78 Å². The van der Waals surface area contributed by atoms with Gasteiger partial charge in [-0.15, -0.1) is 10.2 Å². The minimum Gasteiger partial charge on any atom is -0.444 e. The summed E-state index contributed by atoms with van der Waals surface area (Å²) in [4.78, 5) is 62.3. The van der Waals surface area contributed by atoms with Gasteiger partial charge in [0, 0.05) is 11.8 Å². The number of halogens is 3. The van der Waals surface area contributed by atoms with Gasteiger partial charge < -0.3 is 14.5 Å². The van der Waals surface area contributed by atoms with Crippen molar-refractivity contribution in [2.45, 2.75) is 65.4 Å². The molecule has 53 heavy (non-hydrogen) atoms. The summed E-state index contributed by atoms with van der Waals surface area (Å²) in [5.41, 5.74) is -1.44. The molecule has 1 atom stereocenters. The molecule has 0 aliphatic rings. The Kier molecular flexibility index (Phi) is 11.2. The lowest BCUT2D eigenvalue weighted by molar-refractivity contribution is -0.137. The standard InChI is InChI=1S/C37H36F3N7O6/c1-21(2)28(30(49)32-45-46-34(53-32)36(4,5)26-17-16-25(18-41-26)37(38,39)40)43-27(48)19-47-31(24-14-10-7-11-15-24)42-22(3)29(33(47)50)44-35(51)52-20-23-12-8-6-9-13-23/h6-18,21,28H,19-20H2,1-5H3,(H,43,48)(H,44,51). The summed E-state index contributed by atoms with van der Waals surface area (Å²) < 4.78 is 51.3. The molecule has 0 fully saturated rings. The highest BCUT2D eigenvalue weighted by Crippen LogP contribution is 2.33. The Balaban J connectivity index is 1.37. The number of nitrogens with one attached hydrogen (secondary N) is 2. The van der Waals surface area contributed by atoms with Crippen LogP contribution in [0.25, 0.3) is 11.4 Å². The Morgan fingerprint density at radius 2 is 1.60 bits per heavy atom. The maximum Gasteiger partial charge on any atom is 0.417 e. The summed E-state index contributed by atoms with van der Waals surface area (Å²) in [6.45, 7) is 7.43. The highest BCUT2D eigenvalue weighted by Gasteiger charge is 2.37. The number of alkyl halides is 3. The van der Waals surface area contributed by atoms with Crippen LogP contribution in [0.2, 0.25) is 0 Å². The number of aromatic nitrogens is 5. The number of aryl methyl sites for hydroxylation is 1. The van der Waals surface area contributed by atoms with Crippen LogP contribution >= 0.6 is 0 Å². The predicted molar refractivity (Wildman–Crippen MR) is 186 cm³/mol. The van der Waals surface area contributed by atoms with Crippen molar-refractivity contribution >= 4 is 23.5 Å². The number of carbonyl (C=O) groups excluding carboxylic acids is 3. The van der Waals surface area contributed by atoms with E-state index in [1.807, 2.05) is 6.07 Å². The van der Waals surface area contributed by atoms with Gasteiger partial charge in [-0.05, 0) is 44.4 Å². The third-order valence-corrected chi connectivity index (χ3v) is 8.29. The molecule has 0 radical (unpaired) electrons. The average Bonchev–Trinajstić information content (AvgIpc) is 3.64. The number of ether oxygens (including phenoxy) is 1. The number of Topliss-reactive ketones (excluding diaryl/α,β-unsaturated/α-hetero) is 1. The zero-order valence-corrected chi connectivity index (χ0v) is 29.4. The summed E-state index contributed by atoms with van der Waals surface area (Å²) in [6, 6.07) is 18.5. The topological polar surface area (TPSA) is 171 Å². The molecule has 5 aromatic rings. The number of rotatable bonds is 12. The number of ketones is 1. The van der Waals surface area contributed by atoms with Crippen molar-refractivity contribution in [1.82, 2.24) is 30.0 Å². The van der Waals surface area contributed by atoms with Gasteiger partial charge in [0.15, 0.2) is 0 Å². The first-order chi connectivity index (χ1) is 25.1. The van der Waals surface area contributed by atoms with Crippen molar-refractivity contribution in [3.8, 4) is 11.4 Å². The highest BCUT2D eigenvalue weighted by atomic mass is 19.4. The Morgan fingerprint density at radius 3 is 2.21 bits per heavy atom. The summed E-state index contributed by atoms with van der Waals surface area (Å²) in [7, 11) is 0. The lowest BCUT2D eigenvalue weighted by atomic mass is 9.88. The SMILES string of the molecule is Cc1nc(-c2ccccc2)n(CC(=O)NC(C(=O)c2nnc(C(C)(C)c3ccc(C(F)(F)F)cn3)o2)C(C)C)c(=O)c1NC(=O)OCc1ccccc1. The smallest absolute Gasteiger partial charge is 0.417 e. The van der Waals surface area contributed by atoms with Gasteiger partial charge in [-0.2, -0.15) is 13.2 Å². The Morgan fingerprint density at radius 1 is 0.943 bits per heavy atom. The van der Waals surface area contributed by atoms with Crippen LogP contribution in [-0.2, 0) is 34.3 Å². The average molecular weight is 732 g/mol. The van der Waals surface area contributed by atoms with Crippen LogP contribution in [0, 0.1) is 12.8 Å². The van der Waals surface area contributed by atoms with Gasteiger partial charge in [0.25, 0.3) is 11.4 Å². The van der Waals surface area contributed by atoms with E-state index in [-0.39, 0.29) is 35.4 Å². The number of anilines is 1. The first-order valence-corrected chi connectivity index (χ1v) is 16.4. The van der Waals surface area contributed by atoms with E-state index in [1.54, 1.807) is 82.3 Å². The largest absolute Gasteiger partial charge is 0.444 e. The van der Waals surface area contributed by atoms with Crippen molar-refractivity contribution in [3.63, 3.8) is 0 Å². The molecule has 5 rings (SSSR count). The number of benzene rings is 2. The third-order valence-electron chi connectivity index (χ3n) is 8.29. The minimum absolute atomic E-state index is 0.0482. The zero-order valence-electron chi connectivity index (χ0n) is 29.4. The number of pyridine rings is 1. The van der Waals surface area contributed by atoms with E-state index in [0.717, 1.165) is 16.2 Å². The van der Waals surface area contributed by atoms with E-state index in [0.29, 0.717) is 11.8 Å². The van der Waals surface area contributed by atoms with Crippen LogP contribution in [-0.4, -0.2) is 48.6 Å².